The number of nitrogen functional groups attached to an aromatic ring is 1. The second-order valence-electron chi connectivity index (χ2n) is 5.20. The molecular weight excluding hydrogens is 258 g/mol. The highest BCUT2D eigenvalue weighted by atomic mass is 16.5. The molecule has 0 saturated carbocycles. The zero-order valence-electron chi connectivity index (χ0n) is 11.9. The first-order valence-electron chi connectivity index (χ1n) is 6.38. The van der Waals surface area contributed by atoms with Gasteiger partial charge in [-0.1, -0.05) is 0 Å². The third-order valence-corrected chi connectivity index (χ3v) is 3.29. The number of hydrogen-bond acceptors (Lipinski definition) is 5. The highest BCUT2D eigenvalue weighted by Gasteiger charge is 2.16. The first-order chi connectivity index (χ1) is 9.43. The molecule has 0 saturated heterocycles. The van der Waals surface area contributed by atoms with Gasteiger partial charge in [0.25, 0.3) is 5.56 Å². The van der Waals surface area contributed by atoms with Crippen LogP contribution in [0.4, 0.5) is 5.69 Å². The van der Waals surface area contributed by atoms with Crippen LogP contribution in [0.15, 0.2) is 23.3 Å². The normalized spacial score (nSPS) is 11.8. The lowest BCUT2D eigenvalue weighted by Gasteiger charge is -2.22. The number of nitrogens with two attached hydrogens (primary N) is 1. The van der Waals surface area contributed by atoms with Gasteiger partial charge in [-0.05, 0) is 19.9 Å². The number of rotatable bonds is 5. The van der Waals surface area contributed by atoms with Gasteiger partial charge in [0, 0.05) is 19.6 Å². The number of methoxy groups -OCH3 is 1. The van der Waals surface area contributed by atoms with Gasteiger partial charge in [-0.2, -0.15) is 0 Å². The van der Waals surface area contributed by atoms with Crippen molar-refractivity contribution in [3.8, 4) is 5.75 Å². The fourth-order valence-electron chi connectivity index (χ4n) is 1.75. The van der Waals surface area contributed by atoms with Crippen molar-refractivity contribution in [3.63, 3.8) is 0 Å². The molecule has 0 bridgehead atoms. The van der Waals surface area contributed by atoms with E-state index in [1.165, 1.54) is 6.33 Å². The summed E-state index contributed by atoms with van der Waals surface area (Å²) in [5.41, 5.74) is 6.42. The van der Waals surface area contributed by atoms with Crippen LogP contribution in [0.2, 0.25) is 0 Å². The van der Waals surface area contributed by atoms with E-state index in [0.717, 1.165) is 6.42 Å². The molecule has 1 aromatic heterocycles. The number of benzene rings is 1. The van der Waals surface area contributed by atoms with E-state index < -0.39 is 0 Å². The Bertz CT molecular complexity index is 664. The molecule has 2 aromatic rings. The van der Waals surface area contributed by atoms with Crippen molar-refractivity contribution in [2.75, 3.05) is 19.5 Å². The molecule has 0 unspecified atom stereocenters. The second kappa shape index (κ2) is 5.50. The molecule has 20 heavy (non-hydrogen) atoms. The van der Waals surface area contributed by atoms with Gasteiger partial charge in [0.05, 0.1) is 35.1 Å². The van der Waals surface area contributed by atoms with Gasteiger partial charge < -0.3 is 20.2 Å². The fraction of sp³-hybridized carbons (Fsp3) is 0.429. The van der Waals surface area contributed by atoms with Crippen molar-refractivity contribution < 1.29 is 9.47 Å². The fourth-order valence-corrected chi connectivity index (χ4v) is 1.75. The first-order valence-corrected chi connectivity index (χ1v) is 6.38. The Labute approximate surface area is 116 Å². The van der Waals surface area contributed by atoms with Gasteiger partial charge in [0.15, 0.2) is 0 Å². The van der Waals surface area contributed by atoms with E-state index in [4.69, 9.17) is 15.2 Å². The van der Waals surface area contributed by atoms with Crippen molar-refractivity contribution in [2.24, 2.45) is 0 Å². The van der Waals surface area contributed by atoms with E-state index in [-0.39, 0.29) is 11.2 Å². The molecule has 0 aliphatic rings. The summed E-state index contributed by atoms with van der Waals surface area (Å²) in [6.07, 6.45) is 2.09. The molecule has 0 fully saturated rings. The zero-order chi connectivity index (χ0) is 14.8. The van der Waals surface area contributed by atoms with Crippen molar-refractivity contribution >= 4 is 16.6 Å². The number of ether oxygens (including phenoxy) is 2. The molecule has 1 heterocycles. The van der Waals surface area contributed by atoms with Crippen LogP contribution < -0.4 is 16.0 Å². The van der Waals surface area contributed by atoms with E-state index in [1.54, 1.807) is 19.2 Å². The third-order valence-electron chi connectivity index (χ3n) is 3.29. The van der Waals surface area contributed by atoms with Crippen LogP contribution in [0.1, 0.15) is 20.3 Å². The summed E-state index contributed by atoms with van der Waals surface area (Å²) in [6, 6.07) is 3.26. The number of hydrogen-bond donors (Lipinski definition) is 2. The Balaban J connectivity index is 2.19. The molecule has 0 aliphatic carbocycles. The number of anilines is 1. The molecule has 6 heteroatoms. The van der Waals surface area contributed by atoms with Crippen molar-refractivity contribution in [1.82, 2.24) is 9.97 Å². The monoisotopic (exact) mass is 277 g/mol. The minimum Gasteiger partial charge on any atom is -0.491 e. The SMILES string of the molecule is COC(C)(C)CCOc1cc2nc[nH]c(=O)c2cc1N. The summed E-state index contributed by atoms with van der Waals surface area (Å²) in [7, 11) is 1.67. The lowest BCUT2D eigenvalue weighted by molar-refractivity contribution is 0.00552. The average molecular weight is 277 g/mol. The predicted octanol–water partition coefficient (Wildman–Crippen LogP) is 1.70. The molecule has 2 rings (SSSR count). The minimum atomic E-state index is -0.249. The van der Waals surface area contributed by atoms with Crippen LogP contribution in [0.5, 0.6) is 5.75 Å². The van der Waals surface area contributed by atoms with Crippen LogP contribution >= 0.6 is 0 Å². The quantitative estimate of drug-likeness (QED) is 0.812. The number of H-pyrrole nitrogens is 1. The van der Waals surface area contributed by atoms with Crippen molar-refractivity contribution in [2.45, 2.75) is 25.9 Å². The van der Waals surface area contributed by atoms with Gasteiger partial charge in [0.2, 0.25) is 0 Å². The number of nitrogens with one attached hydrogen (secondary N) is 1. The smallest absolute Gasteiger partial charge is 0.258 e. The molecule has 6 nitrogen and oxygen atoms in total. The Hall–Kier alpha value is -2.08. The van der Waals surface area contributed by atoms with Crippen LogP contribution in [0.3, 0.4) is 0 Å². The largest absolute Gasteiger partial charge is 0.491 e. The van der Waals surface area contributed by atoms with E-state index in [1.807, 2.05) is 13.8 Å². The van der Waals surface area contributed by atoms with E-state index in [0.29, 0.717) is 28.9 Å². The van der Waals surface area contributed by atoms with Crippen molar-refractivity contribution in [1.29, 1.82) is 0 Å². The maximum atomic E-state index is 11.6. The van der Waals surface area contributed by atoms with E-state index >= 15 is 0 Å². The lowest BCUT2D eigenvalue weighted by atomic mass is 10.1. The van der Waals surface area contributed by atoms with Crippen LogP contribution in [-0.4, -0.2) is 29.3 Å². The summed E-state index contributed by atoms with van der Waals surface area (Å²) in [6.45, 7) is 4.45. The van der Waals surface area contributed by atoms with Gasteiger partial charge >= 0.3 is 0 Å². The number of nitrogens with zero attached hydrogens (tertiary/aromatic N) is 1. The molecule has 1 aromatic carbocycles. The topological polar surface area (TPSA) is 90.2 Å². The van der Waals surface area contributed by atoms with Crippen LogP contribution in [0, 0.1) is 0 Å². The summed E-state index contributed by atoms with van der Waals surface area (Å²) in [5, 5.41) is 0.453. The molecular formula is C14H19N3O3. The minimum absolute atomic E-state index is 0.214. The third kappa shape index (κ3) is 3.08. The summed E-state index contributed by atoms with van der Waals surface area (Å²) in [4.78, 5) is 18.2. The molecule has 0 amide bonds. The molecule has 0 radical (unpaired) electrons. The van der Waals surface area contributed by atoms with E-state index in [9.17, 15) is 4.79 Å². The van der Waals surface area contributed by atoms with Gasteiger partial charge in [0.1, 0.15) is 5.75 Å². The van der Waals surface area contributed by atoms with Gasteiger partial charge in [-0.3, -0.25) is 4.79 Å². The standard InChI is InChI=1S/C14H19N3O3/c1-14(2,19-3)4-5-20-12-7-11-9(6-10(12)15)13(18)17-8-16-11/h6-8H,4-5,15H2,1-3H3,(H,16,17,18). The number of aromatic nitrogens is 2. The van der Waals surface area contributed by atoms with Crippen molar-refractivity contribution in [3.05, 3.63) is 28.8 Å². The summed E-state index contributed by atoms with van der Waals surface area (Å²) in [5.74, 6) is 0.530. The second-order valence-corrected chi connectivity index (χ2v) is 5.20. The Morgan fingerprint density at radius 2 is 2.15 bits per heavy atom. The Kier molecular flexibility index (Phi) is 3.94. The highest BCUT2D eigenvalue weighted by Crippen LogP contribution is 2.26. The summed E-state index contributed by atoms with van der Waals surface area (Å²) < 4.78 is 11.0. The van der Waals surface area contributed by atoms with Gasteiger partial charge in [-0.15, -0.1) is 0 Å². The molecule has 0 atom stereocenters. The van der Waals surface area contributed by atoms with Crippen LogP contribution in [-0.2, 0) is 4.74 Å². The Morgan fingerprint density at radius 1 is 1.40 bits per heavy atom. The van der Waals surface area contributed by atoms with Gasteiger partial charge in [-0.25, -0.2) is 4.98 Å². The molecule has 0 spiro atoms. The molecule has 3 N–H and O–H groups in total. The molecule has 0 aliphatic heterocycles. The zero-order valence-corrected chi connectivity index (χ0v) is 11.9. The van der Waals surface area contributed by atoms with Crippen LogP contribution in [0.25, 0.3) is 10.9 Å². The van der Waals surface area contributed by atoms with E-state index in [2.05, 4.69) is 9.97 Å². The maximum Gasteiger partial charge on any atom is 0.258 e. The first kappa shape index (κ1) is 14.3. The summed E-state index contributed by atoms with van der Waals surface area (Å²) >= 11 is 0. The maximum absolute atomic E-state index is 11.6. The average Bonchev–Trinajstić information content (AvgIpc) is 2.40. The Morgan fingerprint density at radius 3 is 2.85 bits per heavy atom. The lowest BCUT2D eigenvalue weighted by Crippen LogP contribution is -2.25. The molecule has 108 valence electrons. The highest BCUT2D eigenvalue weighted by molar-refractivity contribution is 5.84. The number of fused-ring (bicyclic) bond motifs is 1. The predicted molar refractivity (Wildman–Crippen MR) is 78.0 cm³/mol. The number of aromatic amines is 1.